The van der Waals surface area contributed by atoms with E-state index in [9.17, 15) is 29.1 Å². The van der Waals surface area contributed by atoms with Gasteiger partial charge in [-0.3, -0.25) is 19.2 Å². The number of fused-ring (bicyclic) bond motifs is 1. The normalized spacial score (nSPS) is 22.7. The van der Waals surface area contributed by atoms with Crippen molar-refractivity contribution in [2.75, 3.05) is 13.7 Å². The summed E-state index contributed by atoms with van der Waals surface area (Å²) in [6.45, 7) is 3.79. The fourth-order valence-electron chi connectivity index (χ4n) is 3.78. The van der Waals surface area contributed by atoms with Gasteiger partial charge in [0.1, 0.15) is 24.0 Å². The van der Waals surface area contributed by atoms with E-state index in [0.717, 1.165) is 27.7 Å². The summed E-state index contributed by atoms with van der Waals surface area (Å²) in [6, 6.07) is 4.28. The number of esters is 4. The maximum Gasteiger partial charge on any atom is 0.383 e. The highest BCUT2D eigenvalue weighted by atomic mass is 16.7. The van der Waals surface area contributed by atoms with Crippen molar-refractivity contribution in [1.29, 1.82) is 0 Å². The number of hydrogen-bond acceptors (Lipinski definition) is 14. The van der Waals surface area contributed by atoms with Crippen molar-refractivity contribution in [3.05, 3.63) is 28.6 Å². The Bertz CT molecular complexity index is 1280. The smallest absolute Gasteiger partial charge is 0.383 e. The van der Waals surface area contributed by atoms with E-state index >= 15 is 0 Å². The van der Waals surface area contributed by atoms with Gasteiger partial charge < -0.3 is 42.7 Å². The lowest BCUT2D eigenvalue weighted by atomic mass is 9.98. The van der Waals surface area contributed by atoms with Crippen LogP contribution in [0.5, 0.6) is 17.2 Å². The Kier molecular flexibility index (Phi) is 8.78. The van der Waals surface area contributed by atoms with E-state index in [1.165, 1.54) is 25.3 Å². The van der Waals surface area contributed by atoms with E-state index in [1.807, 2.05) is 0 Å². The Balaban J connectivity index is 2.09. The van der Waals surface area contributed by atoms with Gasteiger partial charge in [0.25, 0.3) is 5.75 Å². The van der Waals surface area contributed by atoms with Gasteiger partial charge in [0.05, 0.1) is 12.5 Å². The molecule has 1 aromatic heterocycles. The average molecular weight is 538 g/mol. The standard InChI is InChI=1S/C24H26O14/c1-10(25)32-9-17-19(33-11(2)26)21(34-12(3)27)22(35-13(4)28)24(37-17)38-20-18(29)15-7-6-14(31-5)8-16(15)36-23(20)30/h6-8,17,19,21-22,24,29H,9H2,1-5H3/t17-,19-,21+,22-,24+/m1/s1. The maximum atomic E-state index is 12.7. The van der Waals surface area contributed by atoms with Crippen LogP contribution >= 0.6 is 0 Å². The molecule has 38 heavy (non-hydrogen) atoms. The van der Waals surface area contributed by atoms with Crippen molar-refractivity contribution >= 4 is 34.8 Å². The third-order valence-electron chi connectivity index (χ3n) is 5.23. The highest BCUT2D eigenvalue weighted by Crippen LogP contribution is 2.36. The molecule has 0 unspecified atom stereocenters. The molecule has 1 fully saturated rings. The Morgan fingerprint density at radius 3 is 2.08 bits per heavy atom. The summed E-state index contributed by atoms with van der Waals surface area (Å²) in [7, 11) is 1.40. The number of ether oxygens (including phenoxy) is 7. The third-order valence-corrected chi connectivity index (χ3v) is 5.23. The lowest BCUT2D eigenvalue weighted by Gasteiger charge is -2.43. The molecule has 0 spiro atoms. The van der Waals surface area contributed by atoms with Crippen LogP contribution in [0.4, 0.5) is 0 Å². The van der Waals surface area contributed by atoms with Gasteiger partial charge in [0.15, 0.2) is 18.0 Å². The van der Waals surface area contributed by atoms with Gasteiger partial charge in [0, 0.05) is 33.8 Å². The average Bonchev–Trinajstić information content (AvgIpc) is 2.82. The first-order valence-corrected chi connectivity index (χ1v) is 11.2. The predicted molar refractivity (Wildman–Crippen MR) is 123 cm³/mol. The first-order valence-electron chi connectivity index (χ1n) is 11.2. The third kappa shape index (κ3) is 6.51. The Hall–Kier alpha value is -4.33. The van der Waals surface area contributed by atoms with Gasteiger partial charge >= 0.3 is 29.5 Å². The summed E-state index contributed by atoms with van der Waals surface area (Å²) in [4.78, 5) is 59.9. The second kappa shape index (κ2) is 11.8. The lowest BCUT2D eigenvalue weighted by molar-refractivity contribution is -0.289. The Morgan fingerprint density at radius 2 is 1.50 bits per heavy atom. The zero-order chi connectivity index (χ0) is 28.1. The van der Waals surface area contributed by atoms with Gasteiger partial charge in [-0.1, -0.05) is 0 Å². The zero-order valence-corrected chi connectivity index (χ0v) is 21.1. The van der Waals surface area contributed by atoms with E-state index in [2.05, 4.69) is 0 Å². The molecule has 1 aliphatic rings. The zero-order valence-electron chi connectivity index (χ0n) is 21.1. The number of methoxy groups -OCH3 is 1. The summed E-state index contributed by atoms with van der Waals surface area (Å²) in [6.07, 6.45) is -7.62. The molecular weight excluding hydrogens is 512 g/mol. The molecule has 0 saturated carbocycles. The van der Waals surface area contributed by atoms with Gasteiger partial charge in [-0.05, 0) is 12.1 Å². The van der Waals surface area contributed by atoms with E-state index in [1.54, 1.807) is 0 Å². The highest BCUT2D eigenvalue weighted by Gasteiger charge is 2.53. The SMILES string of the molecule is COc1ccc2c(O)c(O[C@@H]3O[C@H](COC(C)=O)[C@@H](OC(C)=O)[C@H](OC(C)=O)[C@H]3OC(C)=O)c(=O)oc2c1. The summed E-state index contributed by atoms with van der Waals surface area (Å²) in [5.74, 6) is -4.23. The number of benzene rings is 1. The van der Waals surface area contributed by atoms with Crippen LogP contribution in [0, 0.1) is 0 Å². The van der Waals surface area contributed by atoms with Gasteiger partial charge in [-0.2, -0.15) is 0 Å². The maximum absolute atomic E-state index is 12.7. The topological polar surface area (TPSA) is 183 Å². The molecule has 5 atom stereocenters. The fraction of sp³-hybridized carbons (Fsp3) is 0.458. The quantitative estimate of drug-likeness (QED) is 0.285. The molecule has 0 radical (unpaired) electrons. The molecule has 1 saturated heterocycles. The predicted octanol–water partition coefficient (Wildman–Crippen LogP) is 0.969. The van der Waals surface area contributed by atoms with Crippen LogP contribution in [-0.2, 0) is 42.9 Å². The molecule has 1 N–H and O–H groups in total. The number of aromatic hydroxyl groups is 1. The molecule has 14 heteroatoms. The monoisotopic (exact) mass is 538 g/mol. The van der Waals surface area contributed by atoms with Crippen LogP contribution in [0.25, 0.3) is 11.0 Å². The molecule has 206 valence electrons. The first kappa shape index (κ1) is 28.2. The summed E-state index contributed by atoms with van der Waals surface area (Å²) in [5, 5.41) is 10.9. The highest BCUT2D eigenvalue weighted by molar-refractivity contribution is 5.86. The summed E-state index contributed by atoms with van der Waals surface area (Å²) in [5.41, 5.74) is -1.14. The fourth-order valence-corrected chi connectivity index (χ4v) is 3.78. The van der Waals surface area contributed by atoms with Crippen LogP contribution in [0.1, 0.15) is 27.7 Å². The molecule has 0 amide bonds. The Labute approximate surface area is 215 Å². The second-order valence-electron chi connectivity index (χ2n) is 8.11. The summed E-state index contributed by atoms with van der Waals surface area (Å²) >= 11 is 0. The van der Waals surface area contributed by atoms with Crippen LogP contribution in [-0.4, -0.2) is 73.4 Å². The molecule has 1 aliphatic heterocycles. The minimum atomic E-state index is -1.74. The van der Waals surface area contributed by atoms with Gasteiger partial charge in [-0.15, -0.1) is 0 Å². The molecular formula is C24H26O14. The molecule has 14 nitrogen and oxygen atoms in total. The van der Waals surface area contributed by atoms with E-state index in [4.69, 9.17) is 37.6 Å². The first-order chi connectivity index (χ1) is 17.9. The van der Waals surface area contributed by atoms with Crippen molar-refractivity contribution in [1.82, 2.24) is 0 Å². The second-order valence-corrected chi connectivity index (χ2v) is 8.11. The lowest BCUT2D eigenvalue weighted by Crippen LogP contribution is -2.63. The van der Waals surface area contributed by atoms with Gasteiger partial charge in [-0.25, -0.2) is 4.79 Å². The molecule has 2 aromatic rings. The molecule has 2 heterocycles. The minimum Gasteiger partial charge on any atom is -0.504 e. The number of carbonyl (C=O) groups excluding carboxylic acids is 4. The largest absolute Gasteiger partial charge is 0.504 e. The van der Waals surface area contributed by atoms with E-state index < -0.39 is 78.3 Å². The number of rotatable bonds is 8. The molecule has 0 bridgehead atoms. The van der Waals surface area contributed by atoms with Crippen LogP contribution in [0.2, 0.25) is 0 Å². The van der Waals surface area contributed by atoms with Crippen molar-refractivity contribution in [2.24, 2.45) is 0 Å². The minimum absolute atomic E-state index is 0.0132. The Morgan fingerprint density at radius 1 is 0.895 bits per heavy atom. The van der Waals surface area contributed by atoms with Crippen LogP contribution in [0.3, 0.4) is 0 Å². The van der Waals surface area contributed by atoms with Crippen LogP contribution in [0.15, 0.2) is 27.4 Å². The molecule has 0 aliphatic carbocycles. The molecule has 1 aromatic carbocycles. The van der Waals surface area contributed by atoms with E-state index in [-0.39, 0.29) is 11.0 Å². The summed E-state index contributed by atoms with van der Waals surface area (Å²) < 4.78 is 42.6. The molecule has 3 rings (SSSR count). The van der Waals surface area contributed by atoms with Gasteiger partial charge in [0.2, 0.25) is 12.4 Å². The van der Waals surface area contributed by atoms with Crippen molar-refractivity contribution in [3.63, 3.8) is 0 Å². The van der Waals surface area contributed by atoms with Crippen molar-refractivity contribution in [2.45, 2.75) is 58.4 Å². The van der Waals surface area contributed by atoms with Crippen LogP contribution < -0.4 is 15.1 Å². The van der Waals surface area contributed by atoms with Crippen molar-refractivity contribution < 1.29 is 61.9 Å². The number of hydrogen-bond donors (Lipinski definition) is 1. The van der Waals surface area contributed by atoms with E-state index in [0.29, 0.717) is 5.75 Å². The van der Waals surface area contributed by atoms with Crippen molar-refractivity contribution in [3.8, 4) is 17.2 Å². The number of carbonyl (C=O) groups is 4.